The standard InChI is InChI=1S/C12H24N2O/c1-10(2)15-12-8-14(9-12)7-11-3-5-13-6-4-11/h10-13H,3-9H2,1-2H3. The molecule has 0 bridgehead atoms. The van der Waals surface area contributed by atoms with Gasteiger partial charge in [-0.2, -0.15) is 0 Å². The zero-order chi connectivity index (χ0) is 10.7. The fourth-order valence-electron chi connectivity index (χ4n) is 2.57. The maximum Gasteiger partial charge on any atom is 0.0832 e. The molecule has 0 unspecified atom stereocenters. The molecule has 0 spiro atoms. The van der Waals surface area contributed by atoms with E-state index in [4.69, 9.17) is 4.74 Å². The molecule has 0 amide bonds. The van der Waals surface area contributed by atoms with Gasteiger partial charge in [-0.3, -0.25) is 4.90 Å². The number of rotatable bonds is 4. The maximum atomic E-state index is 5.75. The highest BCUT2D eigenvalue weighted by Gasteiger charge is 2.29. The summed E-state index contributed by atoms with van der Waals surface area (Å²) in [7, 11) is 0. The first-order valence-electron chi connectivity index (χ1n) is 6.32. The van der Waals surface area contributed by atoms with Crippen LogP contribution in [0, 0.1) is 5.92 Å². The van der Waals surface area contributed by atoms with E-state index in [-0.39, 0.29) is 0 Å². The molecule has 3 nitrogen and oxygen atoms in total. The van der Waals surface area contributed by atoms with Gasteiger partial charge in [0.15, 0.2) is 0 Å². The Hall–Kier alpha value is -0.120. The third kappa shape index (κ3) is 3.44. The molecule has 0 aromatic rings. The van der Waals surface area contributed by atoms with Gasteiger partial charge in [0.2, 0.25) is 0 Å². The normalized spacial score (nSPS) is 25.8. The van der Waals surface area contributed by atoms with E-state index in [1.54, 1.807) is 0 Å². The molecular formula is C12H24N2O. The van der Waals surface area contributed by atoms with Crippen LogP contribution < -0.4 is 5.32 Å². The Morgan fingerprint density at radius 3 is 2.53 bits per heavy atom. The van der Waals surface area contributed by atoms with E-state index < -0.39 is 0 Å². The fraction of sp³-hybridized carbons (Fsp3) is 1.00. The molecule has 3 heteroatoms. The Bertz CT molecular complexity index is 184. The number of nitrogens with one attached hydrogen (secondary N) is 1. The molecular weight excluding hydrogens is 188 g/mol. The Morgan fingerprint density at radius 1 is 1.27 bits per heavy atom. The topological polar surface area (TPSA) is 24.5 Å². The number of ether oxygens (including phenoxy) is 1. The highest BCUT2D eigenvalue weighted by atomic mass is 16.5. The van der Waals surface area contributed by atoms with E-state index in [0.717, 1.165) is 19.0 Å². The van der Waals surface area contributed by atoms with Gasteiger partial charge >= 0.3 is 0 Å². The third-order valence-electron chi connectivity index (χ3n) is 3.36. The van der Waals surface area contributed by atoms with Crippen molar-refractivity contribution in [2.45, 2.75) is 38.9 Å². The lowest BCUT2D eigenvalue weighted by molar-refractivity contribution is -0.0852. The SMILES string of the molecule is CC(C)OC1CN(CC2CCNCC2)C1. The largest absolute Gasteiger partial charge is 0.373 e. The van der Waals surface area contributed by atoms with Gasteiger partial charge < -0.3 is 10.1 Å². The first-order chi connectivity index (χ1) is 7.24. The van der Waals surface area contributed by atoms with E-state index >= 15 is 0 Å². The smallest absolute Gasteiger partial charge is 0.0832 e. The van der Waals surface area contributed by atoms with Crippen molar-refractivity contribution in [3.63, 3.8) is 0 Å². The number of hydrogen-bond acceptors (Lipinski definition) is 3. The van der Waals surface area contributed by atoms with Gasteiger partial charge in [-0.1, -0.05) is 0 Å². The quantitative estimate of drug-likeness (QED) is 0.755. The molecule has 1 N–H and O–H groups in total. The van der Waals surface area contributed by atoms with Crippen molar-refractivity contribution in [2.75, 3.05) is 32.7 Å². The van der Waals surface area contributed by atoms with Crippen LogP contribution in [0.15, 0.2) is 0 Å². The van der Waals surface area contributed by atoms with Gasteiger partial charge in [0, 0.05) is 19.6 Å². The molecule has 2 saturated heterocycles. The van der Waals surface area contributed by atoms with Gasteiger partial charge in [0.25, 0.3) is 0 Å². The molecule has 0 radical (unpaired) electrons. The molecule has 2 fully saturated rings. The van der Waals surface area contributed by atoms with Crippen LogP contribution in [0.1, 0.15) is 26.7 Å². The Kier molecular flexibility index (Phi) is 4.00. The third-order valence-corrected chi connectivity index (χ3v) is 3.36. The lowest BCUT2D eigenvalue weighted by atomic mass is 9.96. The second-order valence-electron chi connectivity index (χ2n) is 5.22. The van der Waals surface area contributed by atoms with Gasteiger partial charge in [0.1, 0.15) is 0 Å². The van der Waals surface area contributed by atoms with Crippen molar-refractivity contribution in [1.29, 1.82) is 0 Å². The van der Waals surface area contributed by atoms with Crippen LogP contribution in [0.5, 0.6) is 0 Å². The summed E-state index contributed by atoms with van der Waals surface area (Å²) in [6, 6.07) is 0. The molecule has 2 rings (SSSR count). The van der Waals surface area contributed by atoms with Crippen LogP contribution in [0.2, 0.25) is 0 Å². The number of likely N-dealkylation sites (tertiary alicyclic amines) is 1. The molecule has 2 aliphatic rings. The summed E-state index contributed by atoms with van der Waals surface area (Å²) in [5, 5.41) is 3.42. The number of hydrogen-bond donors (Lipinski definition) is 1. The van der Waals surface area contributed by atoms with Crippen molar-refractivity contribution in [3.8, 4) is 0 Å². The second-order valence-corrected chi connectivity index (χ2v) is 5.22. The van der Waals surface area contributed by atoms with Crippen LogP contribution in [0.25, 0.3) is 0 Å². The van der Waals surface area contributed by atoms with Gasteiger partial charge in [-0.15, -0.1) is 0 Å². The molecule has 2 aliphatic heterocycles. The Morgan fingerprint density at radius 2 is 1.93 bits per heavy atom. The molecule has 0 aliphatic carbocycles. The predicted molar refractivity (Wildman–Crippen MR) is 62.0 cm³/mol. The summed E-state index contributed by atoms with van der Waals surface area (Å²) in [5.74, 6) is 0.922. The zero-order valence-corrected chi connectivity index (χ0v) is 10.0. The van der Waals surface area contributed by atoms with E-state index in [1.807, 2.05) is 0 Å². The van der Waals surface area contributed by atoms with E-state index in [1.165, 1.54) is 32.5 Å². The summed E-state index contributed by atoms with van der Waals surface area (Å²) in [4.78, 5) is 2.54. The molecule has 0 saturated carbocycles. The van der Waals surface area contributed by atoms with E-state index in [2.05, 4.69) is 24.1 Å². The van der Waals surface area contributed by atoms with Crippen molar-refractivity contribution >= 4 is 0 Å². The van der Waals surface area contributed by atoms with Crippen molar-refractivity contribution in [2.24, 2.45) is 5.92 Å². The molecule has 15 heavy (non-hydrogen) atoms. The lowest BCUT2D eigenvalue weighted by Gasteiger charge is -2.42. The maximum absolute atomic E-state index is 5.75. The van der Waals surface area contributed by atoms with Crippen LogP contribution >= 0.6 is 0 Å². The monoisotopic (exact) mass is 212 g/mol. The Balaban J connectivity index is 1.58. The Labute approximate surface area is 93.2 Å². The first kappa shape index (κ1) is 11.4. The summed E-state index contributed by atoms with van der Waals surface area (Å²) >= 11 is 0. The van der Waals surface area contributed by atoms with Crippen molar-refractivity contribution < 1.29 is 4.74 Å². The minimum absolute atomic E-state index is 0.385. The minimum Gasteiger partial charge on any atom is -0.373 e. The predicted octanol–water partition coefficient (Wildman–Crippen LogP) is 1.10. The van der Waals surface area contributed by atoms with Crippen molar-refractivity contribution in [3.05, 3.63) is 0 Å². The van der Waals surface area contributed by atoms with Crippen LogP contribution in [0.4, 0.5) is 0 Å². The minimum atomic E-state index is 0.385. The summed E-state index contributed by atoms with van der Waals surface area (Å²) in [5.41, 5.74) is 0. The first-order valence-corrected chi connectivity index (χ1v) is 6.32. The molecule has 0 atom stereocenters. The summed E-state index contributed by atoms with van der Waals surface area (Å²) < 4.78 is 5.75. The highest BCUT2D eigenvalue weighted by molar-refractivity contribution is 4.84. The number of nitrogens with zero attached hydrogens (tertiary/aromatic N) is 1. The van der Waals surface area contributed by atoms with Gasteiger partial charge in [0.05, 0.1) is 12.2 Å². The molecule has 88 valence electrons. The van der Waals surface area contributed by atoms with E-state index in [9.17, 15) is 0 Å². The molecule has 0 aromatic heterocycles. The average Bonchev–Trinajstić information content (AvgIpc) is 2.15. The highest BCUT2D eigenvalue weighted by Crippen LogP contribution is 2.19. The average molecular weight is 212 g/mol. The molecule has 0 aromatic carbocycles. The van der Waals surface area contributed by atoms with E-state index in [0.29, 0.717) is 12.2 Å². The van der Waals surface area contributed by atoms with Gasteiger partial charge in [-0.25, -0.2) is 0 Å². The van der Waals surface area contributed by atoms with Crippen LogP contribution in [-0.4, -0.2) is 49.8 Å². The van der Waals surface area contributed by atoms with Crippen molar-refractivity contribution in [1.82, 2.24) is 10.2 Å². The second kappa shape index (κ2) is 5.28. The molecule has 2 heterocycles. The number of piperidine rings is 1. The summed E-state index contributed by atoms with van der Waals surface area (Å²) in [6.07, 6.45) is 3.60. The fourth-order valence-corrected chi connectivity index (χ4v) is 2.57. The van der Waals surface area contributed by atoms with Gasteiger partial charge in [-0.05, 0) is 45.7 Å². The lowest BCUT2D eigenvalue weighted by Crippen LogP contribution is -2.54. The van der Waals surface area contributed by atoms with Crippen LogP contribution in [0.3, 0.4) is 0 Å². The summed E-state index contributed by atoms with van der Waals surface area (Å²) in [6.45, 7) is 10.3. The zero-order valence-electron chi connectivity index (χ0n) is 10.0. The van der Waals surface area contributed by atoms with Crippen LogP contribution in [-0.2, 0) is 4.74 Å².